The summed E-state index contributed by atoms with van der Waals surface area (Å²) < 4.78 is 0. The minimum absolute atomic E-state index is 1.14. The van der Waals surface area contributed by atoms with Crippen molar-refractivity contribution in [3.05, 3.63) is 23.8 Å². The van der Waals surface area contributed by atoms with Crippen LogP contribution in [0.3, 0.4) is 0 Å². The number of fused-ring (bicyclic) bond motifs is 1. The van der Waals surface area contributed by atoms with Gasteiger partial charge in [0.05, 0.1) is 0 Å². The number of hydrogen-bond donors (Lipinski definition) is 1. The molecule has 0 saturated carbocycles. The van der Waals surface area contributed by atoms with Crippen molar-refractivity contribution in [2.45, 2.75) is 44.9 Å². The van der Waals surface area contributed by atoms with Crippen molar-refractivity contribution in [1.29, 1.82) is 0 Å². The Bertz CT molecular complexity index is 392. The Labute approximate surface area is 110 Å². The molecule has 0 bridgehead atoms. The number of anilines is 2. The first-order valence-electron chi connectivity index (χ1n) is 7.55. The summed E-state index contributed by atoms with van der Waals surface area (Å²) in [6.45, 7) is 3.61. The van der Waals surface area contributed by atoms with E-state index in [2.05, 4.69) is 28.4 Å². The van der Waals surface area contributed by atoms with Gasteiger partial charge in [0.2, 0.25) is 0 Å². The Hall–Kier alpha value is -1.18. The standard InChI is InChI=1S/C16H24N2/c1-2-4-11-18(12-5-3-1)15-9-8-14-7-6-10-17-16(14)13-15/h8-9,13,17H,1-7,10-12H2. The summed E-state index contributed by atoms with van der Waals surface area (Å²) in [5.41, 5.74) is 4.29. The van der Waals surface area contributed by atoms with Crippen molar-refractivity contribution >= 4 is 11.4 Å². The lowest BCUT2D eigenvalue weighted by molar-refractivity contribution is 0.556. The lowest BCUT2D eigenvalue weighted by atomic mass is 10.0. The number of rotatable bonds is 1. The van der Waals surface area contributed by atoms with E-state index in [0.29, 0.717) is 0 Å². The van der Waals surface area contributed by atoms with Gasteiger partial charge < -0.3 is 10.2 Å². The van der Waals surface area contributed by atoms with Gasteiger partial charge in [-0.25, -0.2) is 0 Å². The largest absolute Gasteiger partial charge is 0.385 e. The van der Waals surface area contributed by atoms with Crippen molar-refractivity contribution in [2.75, 3.05) is 29.9 Å². The summed E-state index contributed by atoms with van der Waals surface area (Å²) in [4.78, 5) is 2.58. The maximum atomic E-state index is 3.54. The Balaban J connectivity index is 1.77. The van der Waals surface area contributed by atoms with Gasteiger partial charge in [0.25, 0.3) is 0 Å². The number of benzene rings is 1. The molecule has 98 valence electrons. The molecule has 0 atom stereocenters. The molecular formula is C16H24N2. The summed E-state index contributed by atoms with van der Waals surface area (Å²) in [5, 5.41) is 3.54. The summed E-state index contributed by atoms with van der Waals surface area (Å²) in [7, 11) is 0. The molecule has 1 N–H and O–H groups in total. The van der Waals surface area contributed by atoms with E-state index in [9.17, 15) is 0 Å². The minimum Gasteiger partial charge on any atom is -0.385 e. The van der Waals surface area contributed by atoms with Crippen molar-refractivity contribution in [1.82, 2.24) is 0 Å². The van der Waals surface area contributed by atoms with Crippen molar-refractivity contribution in [2.24, 2.45) is 0 Å². The van der Waals surface area contributed by atoms with E-state index in [4.69, 9.17) is 0 Å². The quantitative estimate of drug-likeness (QED) is 0.808. The molecule has 0 aliphatic carbocycles. The van der Waals surface area contributed by atoms with Crippen LogP contribution >= 0.6 is 0 Å². The van der Waals surface area contributed by atoms with Gasteiger partial charge in [-0.05, 0) is 43.4 Å². The van der Waals surface area contributed by atoms with Crippen molar-refractivity contribution < 1.29 is 0 Å². The first-order chi connectivity index (χ1) is 8.93. The predicted octanol–water partition coefficient (Wildman–Crippen LogP) is 3.82. The molecule has 0 unspecified atom stereocenters. The molecule has 0 radical (unpaired) electrons. The lowest BCUT2D eigenvalue weighted by Gasteiger charge is -2.28. The molecule has 0 amide bonds. The second-order valence-electron chi connectivity index (χ2n) is 5.63. The van der Waals surface area contributed by atoms with Gasteiger partial charge in [0.1, 0.15) is 0 Å². The second kappa shape index (κ2) is 5.64. The third-order valence-electron chi connectivity index (χ3n) is 4.25. The summed E-state index contributed by atoms with van der Waals surface area (Å²) in [6.07, 6.45) is 9.45. The van der Waals surface area contributed by atoms with E-state index in [1.807, 2.05) is 0 Å². The Morgan fingerprint density at radius 1 is 0.889 bits per heavy atom. The highest BCUT2D eigenvalue weighted by Crippen LogP contribution is 2.28. The Morgan fingerprint density at radius 3 is 2.50 bits per heavy atom. The van der Waals surface area contributed by atoms with Gasteiger partial charge in [-0.3, -0.25) is 0 Å². The zero-order valence-corrected chi connectivity index (χ0v) is 11.3. The van der Waals surface area contributed by atoms with Crippen LogP contribution in [0.2, 0.25) is 0 Å². The van der Waals surface area contributed by atoms with E-state index < -0.39 is 0 Å². The first-order valence-corrected chi connectivity index (χ1v) is 7.55. The third-order valence-corrected chi connectivity index (χ3v) is 4.25. The van der Waals surface area contributed by atoms with Gasteiger partial charge in [-0.2, -0.15) is 0 Å². The van der Waals surface area contributed by atoms with Gasteiger partial charge in [0, 0.05) is 31.0 Å². The monoisotopic (exact) mass is 244 g/mol. The van der Waals surface area contributed by atoms with Crippen LogP contribution in [-0.4, -0.2) is 19.6 Å². The van der Waals surface area contributed by atoms with E-state index in [-0.39, 0.29) is 0 Å². The minimum atomic E-state index is 1.14. The molecular weight excluding hydrogens is 220 g/mol. The Morgan fingerprint density at radius 2 is 1.67 bits per heavy atom. The molecule has 1 aromatic rings. The molecule has 2 nitrogen and oxygen atoms in total. The van der Waals surface area contributed by atoms with E-state index in [1.165, 1.54) is 75.0 Å². The van der Waals surface area contributed by atoms with Crippen LogP contribution in [0.1, 0.15) is 44.1 Å². The normalized spacial score (nSPS) is 20.6. The van der Waals surface area contributed by atoms with Crippen molar-refractivity contribution in [3.63, 3.8) is 0 Å². The van der Waals surface area contributed by atoms with Crippen LogP contribution in [-0.2, 0) is 6.42 Å². The highest BCUT2D eigenvalue weighted by Gasteiger charge is 2.13. The highest BCUT2D eigenvalue weighted by molar-refractivity contribution is 5.63. The maximum Gasteiger partial charge on any atom is 0.0393 e. The van der Waals surface area contributed by atoms with E-state index in [0.717, 1.165) is 6.54 Å². The van der Waals surface area contributed by atoms with Crippen LogP contribution in [0.5, 0.6) is 0 Å². The van der Waals surface area contributed by atoms with Gasteiger partial charge in [-0.1, -0.05) is 25.3 Å². The van der Waals surface area contributed by atoms with E-state index >= 15 is 0 Å². The molecule has 2 aliphatic heterocycles. The summed E-state index contributed by atoms with van der Waals surface area (Å²) >= 11 is 0. The van der Waals surface area contributed by atoms with Crippen LogP contribution in [0.15, 0.2) is 18.2 Å². The molecule has 2 heterocycles. The number of nitrogens with one attached hydrogen (secondary N) is 1. The highest BCUT2D eigenvalue weighted by atomic mass is 15.1. The molecule has 2 heteroatoms. The average Bonchev–Trinajstić information content (AvgIpc) is 2.38. The predicted molar refractivity (Wildman–Crippen MR) is 78.6 cm³/mol. The number of hydrogen-bond acceptors (Lipinski definition) is 2. The summed E-state index contributed by atoms with van der Waals surface area (Å²) in [5.74, 6) is 0. The average molecular weight is 244 g/mol. The van der Waals surface area contributed by atoms with Crippen molar-refractivity contribution in [3.8, 4) is 0 Å². The number of nitrogens with zero attached hydrogens (tertiary/aromatic N) is 1. The summed E-state index contributed by atoms with van der Waals surface area (Å²) in [6, 6.07) is 7.03. The fourth-order valence-corrected chi connectivity index (χ4v) is 3.15. The zero-order chi connectivity index (χ0) is 12.2. The van der Waals surface area contributed by atoms with Gasteiger partial charge in [0.15, 0.2) is 0 Å². The number of aryl methyl sites for hydroxylation is 1. The fraction of sp³-hybridized carbons (Fsp3) is 0.625. The molecule has 0 aromatic heterocycles. The van der Waals surface area contributed by atoms with Gasteiger partial charge in [-0.15, -0.1) is 0 Å². The lowest BCUT2D eigenvalue weighted by Crippen LogP contribution is -2.27. The maximum absolute atomic E-state index is 3.54. The Kier molecular flexibility index (Phi) is 3.72. The van der Waals surface area contributed by atoms with Crippen LogP contribution < -0.4 is 10.2 Å². The van der Waals surface area contributed by atoms with Gasteiger partial charge >= 0.3 is 0 Å². The first kappa shape index (κ1) is 11.9. The van der Waals surface area contributed by atoms with Crippen LogP contribution in [0.4, 0.5) is 11.4 Å². The molecule has 2 aliphatic rings. The molecule has 18 heavy (non-hydrogen) atoms. The van der Waals surface area contributed by atoms with Crippen LogP contribution in [0, 0.1) is 0 Å². The smallest absolute Gasteiger partial charge is 0.0393 e. The topological polar surface area (TPSA) is 15.3 Å². The molecule has 1 aromatic carbocycles. The third kappa shape index (κ3) is 2.63. The van der Waals surface area contributed by atoms with E-state index in [1.54, 1.807) is 0 Å². The molecule has 3 rings (SSSR count). The molecule has 0 spiro atoms. The second-order valence-corrected chi connectivity index (χ2v) is 5.63. The fourth-order valence-electron chi connectivity index (χ4n) is 3.15. The SMILES string of the molecule is c1cc2c(cc1N1CCCCCCC1)NCCC2. The van der Waals surface area contributed by atoms with Crippen LogP contribution in [0.25, 0.3) is 0 Å². The zero-order valence-electron chi connectivity index (χ0n) is 11.3. The molecule has 1 fully saturated rings. The molecule has 1 saturated heterocycles.